The Labute approximate surface area is 303 Å². The Morgan fingerprint density at radius 1 is 0.667 bits per heavy atom. The number of aliphatic hydroxyl groups is 9. The Morgan fingerprint density at radius 2 is 1.31 bits per heavy atom. The van der Waals surface area contributed by atoms with E-state index in [9.17, 15) is 71.2 Å². The normalized spacial score (nSPS) is 37.3. The lowest BCUT2D eigenvalue weighted by Gasteiger charge is -2.46. The van der Waals surface area contributed by atoms with Crippen molar-refractivity contribution >= 4 is 11.0 Å². The maximum Gasteiger partial charge on any atom is 0.239 e. The molecule has 298 valence electrons. The highest BCUT2D eigenvalue weighted by atomic mass is 16.8. The molecular formula is C33H40O21. The Balaban J connectivity index is 1.37. The van der Waals surface area contributed by atoms with Crippen molar-refractivity contribution in [3.63, 3.8) is 0 Å². The molecule has 1 aromatic heterocycles. The quantitative estimate of drug-likeness (QED) is 0.0925. The second-order valence-electron chi connectivity index (χ2n) is 13.1. The van der Waals surface area contributed by atoms with Crippen LogP contribution in [0.3, 0.4) is 0 Å². The average Bonchev–Trinajstić information content (AvgIpc) is 3.13. The van der Waals surface area contributed by atoms with Crippen LogP contribution in [0.2, 0.25) is 0 Å². The van der Waals surface area contributed by atoms with Gasteiger partial charge in [0.25, 0.3) is 0 Å². The van der Waals surface area contributed by atoms with Crippen molar-refractivity contribution in [2.75, 3.05) is 13.2 Å². The Kier molecular flexibility index (Phi) is 11.5. The molecule has 15 atom stereocenters. The molecule has 0 saturated carbocycles. The van der Waals surface area contributed by atoms with Crippen LogP contribution in [0.5, 0.6) is 28.7 Å². The van der Waals surface area contributed by atoms with Gasteiger partial charge in [0, 0.05) is 17.7 Å². The van der Waals surface area contributed by atoms with E-state index in [1.165, 1.54) is 13.0 Å². The number of aliphatic hydroxyl groups excluding tert-OH is 9. The SMILES string of the molecule is CC1O[C@@H](OCC2O[C@@H](Oc3c(-c4ccc(O)c(O)c4)oc4cc(O)cc(O)c4c3=O)C(O)[C@H](O)[C@@H]2O[C@H]2OC(CO)[C@@H](O)[C@@H](O)C2O)C(O)[C@@H](O)[C@H]1O. The van der Waals surface area contributed by atoms with Crippen LogP contribution in [0.25, 0.3) is 22.3 Å². The predicted molar refractivity (Wildman–Crippen MR) is 173 cm³/mol. The average molecular weight is 773 g/mol. The van der Waals surface area contributed by atoms with E-state index < -0.39 is 151 Å². The first-order valence-electron chi connectivity index (χ1n) is 16.5. The van der Waals surface area contributed by atoms with Gasteiger partial charge in [-0.05, 0) is 25.1 Å². The number of hydrogen-bond donors (Lipinski definition) is 13. The van der Waals surface area contributed by atoms with E-state index in [-0.39, 0.29) is 11.1 Å². The third kappa shape index (κ3) is 7.39. The second kappa shape index (κ2) is 15.7. The number of phenols is 4. The number of phenolic OH excluding ortho intramolecular Hbond substituents is 4. The Morgan fingerprint density at radius 3 is 2.00 bits per heavy atom. The zero-order valence-corrected chi connectivity index (χ0v) is 28.0. The number of hydrogen-bond acceptors (Lipinski definition) is 21. The van der Waals surface area contributed by atoms with Gasteiger partial charge in [0.2, 0.25) is 17.5 Å². The lowest BCUT2D eigenvalue weighted by atomic mass is 9.96. The molecule has 6 rings (SSSR count). The summed E-state index contributed by atoms with van der Waals surface area (Å²) in [7, 11) is 0. The van der Waals surface area contributed by atoms with E-state index in [2.05, 4.69) is 0 Å². The summed E-state index contributed by atoms with van der Waals surface area (Å²) in [6, 6.07) is 5.04. The van der Waals surface area contributed by atoms with E-state index in [1.807, 2.05) is 0 Å². The van der Waals surface area contributed by atoms with Crippen LogP contribution in [0.1, 0.15) is 6.92 Å². The fourth-order valence-corrected chi connectivity index (χ4v) is 6.33. The van der Waals surface area contributed by atoms with Crippen molar-refractivity contribution in [2.45, 2.75) is 99.0 Å². The third-order valence-electron chi connectivity index (χ3n) is 9.40. The van der Waals surface area contributed by atoms with Crippen LogP contribution in [-0.4, -0.2) is 172 Å². The zero-order chi connectivity index (χ0) is 39.3. The van der Waals surface area contributed by atoms with Gasteiger partial charge in [0.1, 0.15) is 89.6 Å². The van der Waals surface area contributed by atoms with E-state index in [1.54, 1.807) is 0 Å². The number of fused-ring (bicyclic) bond motifs is 1. The summed E-state index contributed by atoms with van der Waals surface area (Å²) in [6.45, 7) is -0.219. The molecule has 13 N–H and O–H groups in total. The van der Waals surface area contributed by atoms with Crippen LogP contribution in [0.15, 0.2) is 39.5 Å². The first-order chi connectivity index (χ1) is 25.5. The van der Waals surface area contributed by atoms with Crippen molar-refractivity contribution < 1.29 is 99.2 Å². The molecule has 0 amide bonds. The van der Waals surface area contributed by atoms with Crippen LogP contribution in [-0.2, 0) is 23.7 Å². The monoisotopic (exact) mass is 772 g/mol. The van der Waals surface area contributed by atoms with Crippen molar-refractivity contribution in [1.29, 1.82) is 0 Å². The summed E-state index contributed by atoms with van der Waals surface area (Å²) in [6.07, 6.45) is -26.5. The molecular weight excluding hydrogens is 732 g/mol. The number of rotatable bonds is 9. The molecule has 54 heavy (non-hydrogen) atoms. The van der Waals surface area contributed by atoms with Gasteiger partial charge in [-0.3, -0.25) is 4.79 Å². The van der Waals surface area contributed by atoms with Crippen LogP contribution in [0.4, 0.5) is 0 Å². The summed E-state index contributed by atoms with van der Waals surface area (Å²) >= 11 is 0. The van der Waals surface area contributed by atoms with Gasteiger partial charge in [-0.25, -0.2) is 0 Å². The molecule has 21 nitrogen and oxygen atoms in total. The molecule has 0 radical (unpaired) electrons. The first-order valence-corrected chi connectivity index (χ1v) is 16.5. The zero-order valence-electron chi connectivity index (χ0n) is 28.0. The third-order valence-corrected chi connectivity index (χ3v) is 9.40. The molecule has 0 bridgehead atoms. The van der Waals surface area contributed by atoms with E-state index in [0.29, 0.717) is 0 Å². The lowest BCUT2D eigenvalue weighted by molar-refractivity contribution is -0.359. The standard InChI is InChI=1S/C33H40O21/c1-9-19(39)22(42)25(45)31(49-9)48-8-17-29(53-32-26(46)23(43)20(40)16(7-34)51-32)24(44)27(47)33(52-17)54-30-21(41)18-14(38)5-11(35)6-15(18)50-28(30)10-2-3-12(36)13(37)4-10/h2-6,9,16-17,19-20,22-27,29,31-40,42-47H,7-8H2,1H3/t9?,16?,17?,19-,20+,22-,23+,24-,25?,26?,27?,29+,31+,32+,33-/m0/s1. The molecule has 2 aromatic carbocycles. The van der Waals surface area contributed by atoms with Crippen LogP contribution in [0, 0.1) is 0 Å². The predicted octanol–water partition coefficient (Wildman–Crippen LogP) is -3.86. The fourth-order valence-electron chi connectivity index (χ4n) is 6.33. The lowest BCUT2D eigenvalue weighted by Crippen LogP contribution is -2.65. The highest BCUT2D eigenvalue weighted by molar-refractivity contribution is 5.88. The highest BCUT2D eigenvalue weighted by Gasteiger charge is 2.52. The minimum atomic E-state index is -2.16. The Bertz CT molecular complexity index is 1850. The highest BCUT2D eigenvalue weighted by Crippen LogP contribution is 2.40. The second-order valence-corrected chi connectivity index (χ2v) is 13.1. The van der Waals surface area contributed by atoms with Crippen molar-refractivity contribution in [1.82, 2.24) is 0 Å². The van der Waals surface area contributed by atoms with Gasteiger partial charge in [0.15, 0.2) is 29.8 Å². The Hall–Kier alpha value is -3.91. The molecule has 4 heterocycles. The van der Waals surface area contributed by atoms with Gasteiger partial charge in [-0.15, -0.1) is 0 Å². The number of aromatic hydroxyl groups is 4. The summed E-state index contributed by atoms with van der Waals surface area (Å²) in [5, 5.41) is 134. The summed E-state index contributed by atoms with van der Waals surface area (Å²) in [5.41, 5.74) is -1.56. The number of ether oxygens (including phenoxy) is 6. The van der Waals surface area contributed by atoms with Crippen LogP contribution >= 0.6 is 0 Å². The molecule has 6 unspecified atom stereocenters. The van der Waals surface area contributed by atoms with Gasteiger partial charge in [0.05, 0.1) is 19.3 Å². The van der Waals surface area contributed by atoms with Crippen molar-refractivity contribution in [3.8, 4) is 40.1 Å². The van der Waals surface area contributed by atoms with Crippen molar-refractivity contribution in [3.05, 3.63) is 40.6 Å². The van der Waals surface area contributed by atoms with Gasteiger partial charge in [-0.1, -0.05) is 0 Å². The maximum absolute atomic E-state index is 13.9. The molecule has 3 fully saturated rings. The van der Waals surface area contributed by atoms with E-state index >= 15 is 0 Å². The molecule has 0 aliphatic carbocycles. The molecule has 0 spiro atoms. The summed E-state index contributed by atoms with van der Waals surface area (Å²) in [5.74, 6) is -3.72. The molecule has 3 saturated heterocycles. The topological polar surface area (TPSA) is 349 Å². The summed E-state index contributed by atoms with van der Waals surface area (Å²) < 4.78 is 39.8. The molecule has 3 aromatic rings. The number of benzene rings is 2. The smallest absolute Gasteiger partial charge is 0.239 e. The van der Waals surface area contributed by atoms with E-state index in [0.717, 1.165) is 24.3 Å². The van der Waals surface area contributed by atoms with Gasteiger partial charge >= 0.3 is 0 Å². The van der Waals surface area contributed by atoms with Crippen molar-refractivity contribution in [2.24, 2.45) is 0 Å². The molecule has 3 aliphatic rings. The van der Waals surface area contributed by atoms with Gasteiger partial charge in [-0.2, -0.15) is 0 Å². The molecule has 21 heteroatoms. The minimum Gasteiger partial charge on any atom is -0.508 e. The fraction of sp³-hybridized carbons (Fsp3) is 0.545. The first kappa shape index (κ1) is 39.8. The molecule has 3 aliphatic heterocycles. The summed E-state index contributed by atoms with van der Waals surface area (Å²) in [4.78, 5) is 13.9. The van der Waals surface area contributed by atoms with Gasteiger partial charge < -0.3 is 99.2 Å². The maximum atomic E-state index is 13.9. The minimum absolute atomic E-state index is 0.102. The van der Waals surface area contributed by atoms with Crippen LogP contribution < -0.4 is 10.2 Å². The largest absolute Gasteiger partial charge is 0.508 e. The van der Waals surface area contributed by atoms with E-state index in [4.69, 9.17) is 32.8 Å².